The van der Waals surface area contributed by atoms with Crippen molar-refractivity contribution in [3.63, 3.8) is 0 Å². The van der Waals surface area contributed by atoms with Crippen molar-refractivity contribution in [2.75, 3.05) is 6.61 Å². The monoisotopic (exact) mass is 338 g/mol. The van der Waals surface area contributed by atoms with Gasteiger partial charge in [-0.25, -0.2) is 9.78 Å². The Balaban J connectivity index is 1.57. The van der Waals surface area contributed by atoms with Gasteiger partial charge in [0.15, 0.2) is 6.10 Å². The summed E-state index contributed by atoms with van der Waals surface area (Å²) >= 11 is 11.9. The van der Waals surface area contributed by atoms with Crippen LogP contribution >= 0.6 is 23.2 Å². The highest BCUT2D eigenvalue weighted by Gasteiger charge is 2.28. The van der Waals surface area contributed by atoms with Crippen molar-refractivity contribution in [1.82, 2.24) is 10.3 Å². The van der Waals surface area contributed by atoms with Crippen molar-refractivity contribution in [3.05, 3.63) is 57.7 Å². The Hall–Kier alpha value is -1.98. The molecule has 1 atom stereocenters. The topological polar surface area (TPSA) is 60.5 Å². The molecule has 1 aromatic carbocycles. The third-order valence-corrected chi connectivity index (χ3v) is 3.79. The Morgan fingerprint density at radius 2 is 2.27 bits per heavy atom. The Kier molecular flexibility index (Phi) is 4.36. The van der Waals surface area contributed by atoms with E-state index in [2.05, 4.69) is 10.3 Å². The van der Waals surface area contributed by atoms with Crippen molar-refractivity contribution >= 4 is 29.3 Å². The molecule has 1 N–H and O–H groups in total. The first-order chi connectivity index (χ1) is 10.6. The summed E-state index contributed by atoms with van der Waals surface area (Å²) in [7, 11) is 0. The van der Waals surface area contributed by atoms with Gasteiger partial charge in [0, 0.05) is 22.8 Å². The quantitative estimate of drug-likeness (QED) is 0.925. The van der Waals surface area contributed by atoms with Crippen molar-refractivity contribution in [1.29, 1.82) is 0 Å². The SMILES string of the molecule is O=C(NCc1ccc(Cl)cc1Cl)OC1COc2ncccc21. The number of rotatable bonds is 3. The minimum Gasteiger partial charge on any atom is -0.473 e. The van der Waals surface area contributed by atoms with E-state index in [1.165, 1.54) is 0 Å². The fourth-order valence-electron chi connectivity index (χ4n) is 2.11. The van der Waals surface area contributed by atoms with Crippen LogP contribution in [0.2, 0.25) is 10.0 Å². The molecule has 2 heterocycles. The van der Waals surface area contributed by atoms with E-state index in [0.717, 1.165) is 11.1 Å². The fraction of sp³-hybridized carbons (Fsp3) is 0.200. The zero-order valence-electron chi connectivity index (χ0n) is 11.4. The summed E-state index contributed by atoms with van der Waals surface area (Å²) in [6.45, 7) is 0.518. The van der Waals surface area contributed by atoms with E-state index in [9.17, 15) is 4.79 Å². The highest BCUT2D eigenvalue weighted by molar-refractivity contribution is 6.35. The van der Waals surface area contributed by atoms with Crippen LogP contribution in [0.5, 0.6) is 5.88 Å². The van der Waals surface area contributed by atoms with Gasteiger partial charge in [-0.15, -0.1) is 0 Å². The van der Waals surface area contributed by atoms with Gasteiger partial charge in [0.1, 0.15) is 6.61 Å². The highest BCUT2D eigenvalue weighted by atomic mass is 35.5. The molecule has 0 bridgehead atoms. The van der Waals surface area contributed by atoms with E-state index in [1.54, 1.807) is 30.5 Å². The molecule has 0 saturated carbocycles. The molecule has 1 unspecified atom stereocenters. The predicted octanol–water partition coefficient (Wildman–Crippen LogP) is 3.75. The number of carbonyl (C=O) groups is 1. The van der Waals surface area contributed by atoms with Gasteiger partial charge in [-0.1, -0.05) is 29.3 Å². The molecule has 114 valence electrons. The lowest BCUT2D eigenvalue weighted by molar-refractivity contribution is 0.0821. The number of benzene rings is 1. The van der Waals surface area contributed by atoms with E-state index in [1.807, 2.05) is 6.07 Å². The second kappa shape index (κ2) is 6.42. The van der Waals surface area contributed by atoms with E-state index in [4.69, 9.17) is 32.7 Å². The predicted molar refractivity (Wildman–Crippen MR) is 82.3 cm³/mol. The number of ether oxygens (including phenoxy) is 2. The average molecular weight is 339 g/mol. The maximum atomic E-state index is 11.9. The van der Waals surface area contributed by atoms with Crippen molar-refractivity contribution in [3.8, 4) is 5.88 Å². The van der Waals surface area contributed by atoms with Crippen LogP contribution in [0, 0.1) is 0 Å². The fourth-order valence-corrected chi connectivity index (χ4v) is 2.59. The largest absolute Gasteiger partial charge is 0.473 e. The molecule has 0 spiro atoms. The van der Waals surface area contributed by atoms with Crippen LogP contribution in [0.1, 0.15) is 17.2 Å². The number of nitrogens with zero attached hydrogens (tertiary/aromatic N) is 1. The molecule has 7 heteroatoms. The zero-order valence-corrected chi connectivity index (χ0v) is 12.9. The first-order valence-corrected chi connectivity index (χ1v) is 7.35. The molecule has 2 aromatic rings. The van der Waals surface area contributed by atoms with Gasteiger partial charge in [0.05, 0.1) is 5.56 Å². The van der Waals surface area contributed by atoms with Crippen LogP contribution in [-0.2, 0) is 11.3 Å². The Labute approximate surface area is 137 Å². The van der Waals surface area contributed by atoms with Crippen LogP contribution in [-0.4, -0.2) is 17.7 Å². The van der Waals surface area contributed by atoms with Gasteiger partial charge in [-0.2, -0.15) is 0 Å². The molecular weight excluding hydrogens is 327 g/mol. The van der Waals surface area contributed by atoms with Crippen LogP contribution in [0.15, 0.2) is 36.5 Å². The van der Waals surface area contributed by atoms with Gasteiger partial charge in [0.2, 0.25) is 5.88 Å². The molecule has 0 aliphatic carbocycles. The number of aromatic nitrogens is 1. The lowest BCUT2D eigenvalue weighted by atomic mass is 10.2. The summed E-state index contributed by atoms with van der Waals surface area (Å²) in [4.78, 5) is 15.9. The minimum absolute atomic E-state index is 0.252. The maximum Gasteiger partial charge on any atom is 0.408 e. The first-order valence-electron chi connectivity index (χ1n) is 6.59. The molecule has 1 aromatic heterocycles. The minimum atomic E-state index is -0.545. The number of amides is 1. The van der Waals surface area contributed by atoms with Crippen LogP contribution < -0.4 is 10.1 Å². The number of fused-ring (bicyclic) bond motifs is 1. The summed E-state index contributed by atoms with van der Waals surface area (Å²) in [6.07, 6.45) is 0.629. The molecule has 0 fully saturated rings. The molecule has 1 amide bonds. The average Bonchev–Trinajstić information content (AvgIpc) is 2.90. The summed E-state index contributed by atoms with van der Waals surface area (Å²) in [5.41, 5.74) is 1.52. The summed E-state index contributed by atoms with van der Waals surface area (Å²) in [5, 5.41) is 3.69. The molecule has 3 rings (SSSR count). The van der Waals surface area contributed by atoms with E-state index in [0.29, 0.717) is 15.9 Å². The highest BCUT2D eigenvalue weighted by Crippen LogP contribution is 2.32. The number of alkyl carbamates (subject to hydrolysis) is 1. The summed E-state index contributed by atoms with van der Waals surface area (Å²) in [6, 6.07) is 8.68. The number of hydrogen-bond acceptors (Lipinski definition) is 4. The van der Waals surface area contributed by atoms with Gasteiger partial charge >= 0.3 is 6.09 Å². The molecule has 1 aliphatic rings. The Morgan fingerprint density at radius 3 is 3.09 bits per heavy atom. The number of pyridine rings is 1. The smallest absolute Gasteiger partial charge is 0.408 e. The van der Waals surface area contributed by atoms with Crippen molar-refractivity contribution < 1.29 is 14.3 Å². The molecule has 22 heavy (non-hydrogen) atoms. The first kappa shape index (κ1) is 14.9. The third kappa shape index (κ3) is 3.26. The van der Waals surface area contributed by atoms with Crippen molar-refractivity contribution in [2.45, 2.75) is 12.6 Å². The summed E-state index contributed by atoms with van der Waals surface area (Å²) in [5.74, 6) is 0.501. The number of nitrogens with one attached hydrogen (secondary N) is 1. The van der Waals surface area contributed by atoms with E-state index in [-0.39, 0.29) is 13.2 Å². The Morgan fingerprint density at radius 1 is 1.41 bits per heavy atom. The molecule has 0 saturated heterocycles. The van der Waals surface area contributed by atoms with Crippen LogP contribution in [0.3, 0.4) is 0 Å². The van der Waals surface area contributed by atoms with E-state index < -0.39 is 12.2 Å². The number of carbonyl (C=O) groups excluding carboxylic acids is 1. The second-order valence-corrected chi connectivity index (χ2v) is 5.54. The lowest BCUT2D eigenvalue weighted by Gasteiger charge is -2.12. The van der Waals surface area contributed by atoms with Crippen molar-refractivity contribution in [2.24, 2.45) is 0 Å². The van der Waals surface area contributed by atoms with Gasteiger partial charge in [-0.05, 0) is 29.8 Å². The standard InChI is InChI=1S/C15H12Cl2N2O3/c16-10-4-3-9(12(17)6-10)7-19-15(20)22-13-8-21-14-11(13)2-1-5-18-14/h1-6,13H,7-8H2,(H,19,20). The third-order valence-electron chi connectivity index (χ3n) is 3.21. The molecular formula is C15H12Cl2N2O3. The van der Waals surface area contributed by atoms with Gasteiger partial charge in [-0.3, -0.25) is 0 Å². The molecule has 5 nitrogen and oxygen atoms in total. The van der Waals surface area contributed by atoms with Crippen LogP contribution in [0.4, 0.5) is 4.79 Å². The zero-order chi connectivity index (χ0) is 15.5. The summed E-state index contributed by atoms with van der Waals surface area (Å²) < 4.78 is 10.7. The Bertz CT molecular complexity index is 709. The normalized spacial score (nSPS) is 15.8. The number of halogens is 2. The van der Waals surface area contributed by atoms with Gasteiger partial charge < -0.3 is 14.8 Å². The number of hydrogen-bond donors (Lipinski definition) is 1. The molecule has 0 radical (unpaired) electrons. The van der Waals surface area contributed by atoms with Gasteiger partial charge in [0.25, 0.3) is 0 Å². The lowest BCUT2D eigenvalue weighted by Crippen LogP contribution is -2.26. The maximum absolute atomic E-state index is 11.9. The van der Waals surface area contributed by atoms with E-state index >= 15 is 0 Å². The second-order valence-electron chi connectivity index (χ2n) is 4.69. The van der Waals surface area contributed by atoms with Crippen LogP contribution in [0.25, 0.3) is 0 Å². The molecule has 1 aliphatic heterocycles.